The summed E-state index contributed by atoms with van der Waals surface area (Å²) in [5.74, 6) is 0. The van der Waals surface area contributed by atoms with Crippen LogP contribution in [0.1, 0.15) is 27.2 Å². The summed E-state index contributed by atoms with van der Waals surface area (Å²) < 4.78 is 30.5. The highest BCUT2D eigenvalue weighted by molar-refractivity contribution is 8.71. The number of allylic oxidation sites excluding steroid dienone is 3. The lowest BCUT2D eigenvalue weighted by atomic mass is 10.2. The average molecular weight is 265 g/mol. The third-order valence-corrected chi connectivity index (χ3v) is 4.01. The Morgan fingerprint density at radius 2 is 1.88 bits per heavy atom. The second-order valence-corrected chi connectivity index (χ2v) is 6.98. The molecule has 0 amide bonds. The number of hydrogen-bond acceptors (Lipinski definition) is 4. The van der Waals surface area contributed by atoms with E-state index >= 15 is 0 Å². The summed E-state index contributed by atoms with van der Waals surface area (Å²) in [6.07, 6.45) is 2.59. The van der Waals surface area contributed by atoms with Crippen LogP contribution in [0.5, 0.6) is 0 Å². The Hall–Kier alpha value is -0.460. The topological polar surface area (TPSA) is 57.6 Å². The van der Waals surface area contributed by atoms with Gasteiger partial charge in [-0.25, -0.2) is 0 Å². The summed E-state index contributed by atoms with van der Waals surface area (Å²) in [6.45, 7) is 5.62. The van der Waals surface area contributed by atoms with Gasteiger partial charge in [-0.3, -0.25) is 4.55 Å². The molecule has 16 heavy (non-hydrogen) atoms. The fourth-order valence-corrected chi connectivity index (χ4v) is 2.97. The fraction of sp³-hybridized carbons (Fsp3) is 0.600. The Morgan fingerprint density at radius 3 is 2.12 bits per heavy atom. The summed E-state index contributed by atoms with van der Waals surface area (Å²) in [4.78, 5) is 2.49. The van der Waals surface area contributed by atoms with Crippen molar-refractivity contribution in [1.29, 1.82) is 0 Å². The van der Waals surface area contributed by atoms with Gasteiger partial charge in [-0.2, -0.15) is 8.42 Å². The SMILES string of the molecule is CC/C(=C\C(SS(=O)(=O)O)=C(C)C)N(C)C. The molecule has 94 valence electrons. The second kappa shape index (κ2) is 6.32. The van der Waals surface area contributed by atoms with Crippen molar-refractivity contribution in [2.45, 2.75) is 27.2 Å². The van der Waals surface area contributed by atoms with Crippen LogP contribution in [0.25, 0.3) is 0 Å². The monoisotopic (exact) mass is 265 g/mol. The first kappa shape index (κ1) is 15.5. The molecule has 0 heterocycles. The van der Waals surface area contributed by atoms with Crippen LogP contribution in [0.2, 0.25) is 0 Å². The molecule has 0 fully saturated rings. The quantitative estimate of drug-likeness (QED) is 0.470. The molecule has 0 aliphatic carbocycles. The van der Waals surface area contributed by atoms with Crippen molar-refractivity contribution < 1.29 is 13.0 Å². The van der Waals surface area contributed by atoms with Crippen LogP contribution in [0.3, 0.4) is 0 Å². The molecule has 4 nitrogen and oxygen atoms in total. The van der Waals surface area contributed by atoms with E-state index in [9.17, 15) is 8.42 Å². The minimum atomic E-state index is -4.05. The van der Waals surface area contributed by atoms with Gasteiger partial charge in [-0.1, -0.05) is 12.5 Å². The average Bonchev–Trinajstić information content (AvgIpc) is 2.09. The molecule has 0 rings (SSSR count). The van der Waals surface area contributed by atoms with E-state index in [-0.39, 0.29) is 0 Å². The Labute approximate surface area is 102 Å². The van der Waals surface area contributed by atoms with E-state index in [1.165, 1.54) is 0 Å². The minimum absolute atomic E-state index is 0.475. The lowest BCUT2D eigenvalue weighted by Gasteiger charge is -2.16. The Balaban J connectivity index is 5.20. The van der Waals surface area contributed by atoms with Gasteiger partial charge in [-0.15, -0.1) is 0 Å². The highest BCUT2D eigenvalue weighted by Crippen LogP contribution is 2.27. The maximum Gasteiger partial charge on any atom is 0.324 e. The van der Waals surface area contributed by atoms with E-state index < -0.39 is 9.15 Å². The van der Waals surface area contributed by atoms with Crippen LogP contribution in [-0.4, -0.2) is 32.0 Å². The number of rotatable bonds is 5. The minimum Gasteiger partial charge on any atom is -0.381 e. The Kier molecular flexibility index (Phi) is 6.14. The zero-order chi connectivity index (χ0) is 12.9. The van der Waals surface area contributed by atoms with Gasteiger partial charge in [0.05, 0.1) is 0 Å². The van der Waals surface area contributed by atoms with Crippen molar-refractivity contribution in [1.82, 2.24) is 4.90 Å². The van der Waals surface area contributed by atoms with Gasteiger partial charge in [0.25, 0.3) is 0 Å². The molecule has 0 aromatic heterocycles. The number of hydrogen-bond donors (Lipinski definition) is 1. The van der Waals surface area contributed by atoms with E-state index in [1.807, 2.05) is 39.8 Å². The van der Waals surface area contributed by atoms with Crippen molar-refractivity contribution in [2.75, 3.05) is 14.1 Å². The molecule has 0 radical (unpaired) electrons. The van der Waals surface area contributed by atoms with Crippen LogP contribution in [0.15, 0.2) is 22.3 Å². The van der Waals surface area contributed by atoms with Crippen LogP contribution in [0, 0.1) is 0 Å². The lowest BCUT2D eigenvalue weighted by Crippen LogP contribution is -2.10. The molecule has 6 heteroatoms. The molecule has 0 aromatic rings. The first-order valence-corrected chi connectivity index (χ1v) is 7.67. The second-order valence-electron chi connectivity index (χ2n) is 3.76. The van der Waals surface area contributed by atoms with Crippen molar-refractivity contribution in [3.63, 3.8) is 0 Å². The smallest absolute Gasteiger partial charge is 0.324 e. The normalized spacial score (nSPS) is 12.5. The van der Waals surface area contributed by atoms with E-state index in [1.54, 1.807) is 6.08 Å². The fourth-order valence-electron chi connectivity index (χ4n) is 1.06. The first-order chi connectivity index (χ1) is 7.17. The van der Waals surface area contributed by atoms with E-state index in [0.717, 1.165) is 17.7 Å². The zero-order valence-corrected chi connectivity index (χ0v) is 11.9. The Morgan fingerprint density at radius 1 is 1.38 bits per heavy atom. The van der Waals surface area contributed by atoms with Crippen molar-refractivity contribution in [2.24, 2.45) is 0 Å². The van der Waals surface area contributed by atoms with E-state index in [0.29, 0.717) is 15.7 Å². The van der Waals surface area contributed by atoms with Gasteiger partial charge < -0.3 is 4.90 Å². The van der Waals surface area contributed by atoms with Gasteiger partial charge in [0.15, 0.2) is 0 Å². The lowest BCUT2D eigenvalue weighted by molar-refractivity contribution is 0.494. The van der Waals surface area contributed by atoms with E-state index in [4.69, 9.17) is 4.55 Å². The third kappa shape index (κ3) is 6.19. The first-order valence-electron chi connectivity index (χ1n) is 4.89. The Bertz CT molecular complexity index is 390. The van der Waals surface area contributed by atoms with Crippen LogP contribution >= 0.6 is 10.8 Å². The summed E-state index contributed by atoms with van der Waals surface area (Å²) >= 11 is 0. The summed E-state index contributed by atoms with van der Waals surface area (Å²) in [5.41, 5.74) is 1.86. The van der Waals surface area contributed by atoms with Crippen LogP contribution < -0.4 is 0 Å². The molecule has 0 aromatic carbocycles. The van der Waals surface area contributed by atoms with Crippen molar-refractivity contribution in [3.8, 4) is 0 Å². The predicted molar refractivity (Wildman–Crippen MR) is 69.6 cm³/mol. The van der Waals surface area contributed by atoms with Gasteiger partial charge >= 0.3 is 9.15 Å². The van der Waals surface area contributed by atoms with Crippen molar-refractivity contribution in [3.05, 3.63) is 22.3 Å². The number of nitrogens with zero attached hydrogens (tertiary/aromatic N) is 1. The zero-order valence-electron chi connectivity index (χ0n) is 10.3. The molecular weight excluding hydrogens is 246 g/mol. The summed E-state index contributed by atoms with van der Waals surface area (Å²) in [5, 5.41) is 0. The predicted octanol–water partition coefficient (Wildman–Crippen LogP) is 2.67. The molecule has 0 spiro atoms. The molecule has 0 bridgehead atoms. The van der Waals surface area contributed by atoms with Gasteiger partial charge in [0.2, 0.25) is 0 Å². The molecular formula is C10H19NO3S2. The molecule has 0 aliphatic rings. The van der Waals surface area contributed by atoms with Gasteiger partial charge in [-0.05, 0) is 26.3 Å². The van der Waals surface area contributed by atoms with E-state index in [2.05, 4.69) is 0 Å². The van der Waals surface area contributed by atoms with Gasteiger partial charge in [0, 0.05) is 35.5 Å². The molecule has 0 aliphatic heterocycles. The van der Waals surface area contributed by atoms with Crippen LogP contribution in [-0.2, 0) is 9.15 Å². The summed E-state index contributed by atoms with van der Waals surface area (Å²) in [7, 11) is 0.221. The summed E-state index contributed by atoms with van der Waals surface area (Å²) in [6, 6.07) is 0. The maximum atomic E-state index is 10.8. The maximum absolute atomic E-state index is 10.8. The standard InChI is InChI=1S/C10H19NO3S2/c1-6-9(11(4)5)7-10(8(2)3)15-16(12,13)14/h7H,6H2,1-5H3,(H,12,13,14)/b9-7+. The molecule has 0 saturated carbocycles. The van der Waals surface area contributed by atoms with Crippen molar-refractivity contribution >= 4 is 19.9 Å². The van der Waals surface area contributed by atoms with Gasteiger partial charge in [0.1, 0.15) is 0 Å². The highest BCUT2D eigenvalue weighted by atomic mass is 33.1. The molecule has 0 atom stereocenters. The van der Waals surface area contributed by atoms with Crippen LogP contribution in [0.4, 0.5) is 0 Å². The highest BCUT2D eigenvalue weighted by Gasteiger charge is 2.11. The molecule has 0 unspecified atom stereocenters. The molecule has 1 N–H and O–H groups in total. The largest absolute Gasteiger partial charge is 0.381 e. The third-order valence-electron chi connectivity index (χ3n) is 1.92. The molecule has 0 saturated heterocycles.